The molecule has 1 aliphatic heterocycles. The number of amides is 2. The van der Waals surface area contributed by atoms with E-state index >= 15 is 0 Å². The summed E-state index contributed by atoms with van der Waals surface area (Å²) >= 11 is 0. The highest BCUT2D eigenvalue weighted by molar-refractivity contribution is 5.68. The summed E-state index contributed by atoms with van der Waals surface area (Å²) in [4.78, 5) is 25.7. The fraction of sp³-hybridized carbons (Fsp3) is 0.600. The molecule has 2 N–H and O–H groups in total. The lowest BCUT2D eigenvalue weighted by atomic mass is 9.95. The van der Waals surface area contributed by atoms with Gasteiger partial charge in [-0.05, 0) is 45.6 Å². The van der Waals surface area contributed by atoms with Crippen molar-refractivity contribution in [3.63, 3.8) is 0 Å². The van der Waals surface area contributed by atoms with Gasteiger partial charge < -0.3 is 24.8 Å². The van der Waals surface area contributed by atoms with Crippen LogP contribution in [0, 0.1) is 0 Å². The zero-order valence-corrected chi connectivity index (χ0v) is 16.4. The number of alkyl carbamates (subject to hydrolysis) is 1. The molecule has 2 amide bonds. The predicted octanol–water partition coefficient (Wildman–Crippen LogP) is 3.06. The van der Waals surface area contributed by atoms with Crippen molar-refractivity contribution in [3.05, 3.63) is 35.9 Å². The Labute approximate surface area is 160 Å². The first-order valence-corrected chi connectivity index (χ1v) is 9.32. The van der Waals surface area contributed by atoms with Gasteiger partial charge in [0.1, 0.15) is 12.2 Å². The Kier molecular flexibility index (Phi) is 7.07. The van der Waals surface area contributed by atoms with Crippen molar-refractivity contribution in [1.29, 1.82) is 0 Å². The van der Waals surface area contributed by atoms with Crippen molar-refractivity contribution in [3.8, 4) is 0 Å². The number of hydrogen-bond donors (Lipinski definition) is 2. The lowest BCUT2D eigenvalue weighted by Crippen LogP contribution is -2.44. The van der Waals surface area contributed by atoms with Gasteiger partial charge in [-0.15, -0.1) is 0 Å². The summed E-state index contributed by atoms with van der Waals surface area (Å²) in [6.07, 6.45) is 0.551. The number of ether oxygens (including phenoxy) is 2. The number of likely N-dealkylation sites (tertiary alicyclic amines) is 1. The topological polar surface area (TPSA) is 88.1 Å². The number of nitrogens with one attached hydrogen (secondary N) is 1. The van der Waals surface area contributed by atoms with Gasteiger partial charge in [-0.25, -0.2) is 9.59 Å². The summed E-state index contributed by atoms with van der Waals surface area (Å²) < 4.78 is 10.6. The Morgan fingerprint density at radius 1 is 1.19 bits per heavy atom. The summed E-state index contributed by atoms with van der Waals surface area (Å²) in [5, 5.41) is 13.4. The number of rotatable bonds is 4. The Balaban J connectivity index is 1.77. The summed E-state index contributed by atoms with van der Waals surface area (Å²) in [7, 11) is 0. The molecule has 0 aromatic heterocycles. The molecular formula is C20H30N2O5. The quantitative estimate of drug-likeness (QED) is 0.841. The first-order chi connectivity index (χ1) is 12.7. The molecular weight excluding hydrogens is 348 g/mol. The second kappa shape index (κ2) is 9.08. The lowest BCUT2D eigenvalue weighted by molar-refractivity contribution is 0.0147. The van der Waals surface area contributed by atoms with Gasteiger partial charge >= 0.3 is 12.2 Å². The molecule has 7 nitrogen and oxygen atoms in total. The number of carbonyl (C=O) groups excluding carboxylic acids is 2. The molecule has 1 heterocycles. The summed E-state index contributed by atoms with van der Waals surface area (Å²) in [6.45, 7) is 6.64. The molecule has 0 aliphatic carbocycles. The molecule has 1 atom stereocenters. The summed E-state index contributed by atoms with van der Waals surface area (Å²) in [6, 6.07) is 9.39. The summed E-state index contributed by atoms with van der Waals surface area (Å²) in [5.41, 5.74) is -0.722. The van der Waals surface area contributed by atoms with E-state index in [1.807, 2.05) is 51.1 Å². The largest absolute Gasteiger partial charge is 0.445 e. The number of aliphatic hydroxyl groups is 1. The lowest BCUT2D eigenvalue weighted by Gasteiger charge is -2.28. The maximum atomic E-state index is 12.2. The minimum absolute atomic E-state index is 0.0861. The molecule has 0 bridgehead atoms. The predicted molar refractivity (Wildman–Crippen MR) is 101 cm³/mol. The molecule has 1 saturated heterocycles. The van der Waals surface area contributed by atoms with Crippen LogP contribution in [0.2, 0.25) is 0 Å². The molecule has 1 aromatic carbocycles. The summed E-state index contributed by atoms with van der Waals surface area (Å²) in [5.74, 6) is 0. The Hall–Kier alpha value is -2.28. The molecule has 150 valence electrons. The zero-order chi connectivity index (χ0) is 19.9. The molecule has 0 radical (unpaired) electrons. The third kappa shape index (κ3) is 7.46. The van der Waals surface area contributed by atoms with Gasteiger partial charge in [0.15, 0.2) is 0 Å². The van der Waals surface area contributed by atoms with Crippen molar-refractivity contribution < 1.29 is 24.2 Å². The monoisotopic (exact) mass is 378 g/mol. The van der Waals surface area contributed by atoms with Crippen molar-refractivity contribution >= 4 is 12.2 Å². The van der Waals surface area contributed by atoms with Crippen molar-refractivity contribution in [2.75, 3.05) is 19.6 Å². The number of nitrogens with zero attached hydrogens (tertiary/aromatic N) is 1. The molecule has 27 heavy (non-hydrogen) atoms. The number of carbonyl (C=O) groups is 2. The maximum Gasteiger partial charge on any atom is 0.410 e. The van der Waals surface area contributed by atoms with Crippen LogP contribution in [0.25, 0.3) is 0 Å². The van der Waals surface area contributed by atoms with Gasteiger partial charge in [0.05, 0.1) is 5.60 Å². The molecule has 1 unspecified atom stereocenters. The van der Waals surface area contributed by atoms with Crippen LogP contribution < -0.4 is 5.32 Å². The van der Waals surface area contributed by atoms with E-state index < -0.39 is 17.3 Å². The van der Waals surface area contributed by atoms with Crippen LogP contribution in [0.15, 0.2) is 30.3 Å². The molecule has 2 rings (SSSR count). The first kappa shape index (κ1) is 21.0. The van der Waals surface area contributed by atoms with Crippen molar-refractivity contribution in [2.24, 2.45) is 0 Å². The van der Waals surface area contributed by atoms with E-state index in [2.05, 4.69) is 5.32 Å². The van der Waals surface area contributed by atoms with Gasteiger partial charge in [-0.2, -0.15) is 0 Å². The van der Waals surface area contributed by atoms with Crippen LogP contribution in [0.1, 0.15) is 45.6 Å². The standard InChI is InChI=1S/C20H30N2O5/c1-19(2,3)27-18(24)22-12-7-10-20(25,11-13-22)15-21-17(23)26-14-16-8-5-4-6-9-16/h4-6,8-9,25H,7,10-15H2,1-3H3,(H,21,23). The van der Waals surface area contributed by atoms with Crippen LogP contribution in [0.5, 0.6) is 0 Å². The smallest absolute Gasteiger partial charge is 0.410 e. The first-order valence-electron chi connectivity index (χ1n) is 9.32. The molecule has 7 heteroatoms. The average Bonchev–Trinajstić information content (AvgIpc) is 2.80. The SMILES string of the molecule is CC(C)(C)OC(=O)N1CCCC(O)(CNC(=O)OCc2ccccc2)CC1. The Bertz CT molecular complexity index is 629. The third-order valence-corrected chi connectivity index (χ3v) is 4.34. The van der Waals surface area contributed by atoms with Gasteiger partial charge in [0.25, 0.3) is 0 Å². The van der Waals surface area contributed by atoms with Gasteiger partial charge in [0.2, 0.25) is 0 Å². The van der Waals surface area contributed by atoms with Crippen LogP contribution in [-0.4, -0.2) is 53.0 Å². The van der Waals surface area contributed by atoms with Crippen LogP contribution in [0.4, 0.5) is 9.59 Å². The van der Waals surface area contributed by atoms with E-state index in [4.69, 9.17) is 9.47 Å². The molecule has 0 spiro atoms. The second-order valence-electron chi connectivity index (χ2n) is 7.96. The van der Waals surface area contributed by atoms with Crippen LogP contribution in [-0.2, 0) is 16.1 Å². The van der Waals surface area contributed by atoms with Crippen LogP contribution in [0.3, 0.4) is 0 Å². The fourth-order valence-electron chi connectivity index (χ4n) is 2.88. The van der Waals surface area contributed by atoms with E-state index in [0.717, 1.165) is 5.56 Å². The maximum absolute atomic E-state index is 12.2. The van der Waals surface area contributed by atoms with E-state index in [1.54, 1.807) is 4.90 Å². The van der Waals surface area contributed by atoms with E-state index in [0.29, 0.717) is 32.4 Å². The van der Waals surface area contributed by atoms with E-state index in [-0.39, 0.29) is 19.2 Å². The average molecular weight is 378 g/mol. The van der Waals surface area contributed by atoms with Gasteiger partial charge in [0, 0.05) is 19.6 Å². The van der Waals surface area contributed by atoms with Crippen LogP contribution >= 0.6 is 0 Å². The Morgan fingerprint density at radius 3 is 2.56 bits per heavy atom. The fourth-order valence-corrected chi connectivity index (χ4v) is 2.88. The highest BCUT2D eigenvalue weighted by Gasteiger charge is 2.33. The highest BCUT2D eigenvalue weighted by Crippen LogP contribution is 2.23. The number of hydrogen-bond acceptors (Lipinski definition) is 5. The van der Waals surface area contributed by atoms with Gasteiger partial charge in [-0.1, -0.05) is 30.3 Å². The number of benzene rings is 1. The molecule has 1 fully saturated rings. The van der Waals surface area contributed by atoms with E-state index in [9.17, 15) is 14.7 Å². The van der Waals surface area contributed by atoms with Crippen molar-refractivity contribution in [1.82, 2.24) is 10.2 Å². The Morgan fingerprint density at radius 2 is 1.89 bits per heavy atom. The minimum Gasteiger partial charge on any atom is -0.445 e. The second-order valence-corrected chi connectivity index (χ2v) is 7.96. The molecule has 1 aliphatic rings. The normalized spacial score (nSPS) is 20.5. The van der Waals surface area contributed by atoms with E-state index in [1.165, 1.54) is 0 Å². The van der Waals surface area contributed by atoms with Crippen molar-refractivity contribution in [2.45, 2.75) is 57.8 Å². The molecule has 1 aromatic rings. The van der Waals surface area contributed by atoms with Gasteiger partial charge in [-0.3, -0.25) is 0 Å². The zero-order valence-electron chi connectivity index (χ0n) is 16.4. The minimum atomic E-state index is -1.07. The molecule has 0 saturated carbocycles. The highest BCUT2D eigenvalue weighted by atomic mass is 16.6. The third-order valence-electron chi connectivity index (χ3n) is 4.34.